The fraction of sp³-hybridized carbons (Fsp3) is 0.435. The molecule has 0 aliphatic carbocycles. The average Bonchev–Trinajstić information content (AvgIpc) is 3.32. The van der Waals surface area contributed by atoms with Crippen molar-refractivity contribution in [1.82, 2.24) is 20.2 Å². The summed E-state index contributed by atoms with van der Waals surface area (Å²) in [6.45, 7) is 5.82. The molecule has 7 nitrogen and oxygen atoms in total. The van der Waals surface area contributed by atoms with Gasteiger partial charge in [0.1, 0.15) is 0 Å². The lowest BCUT2D eigenvalue weighted by molar-refractivity contribution is -0.123. The standard InChI is InChI=1S/C23H26N4O3S/c1-15-13-31-14-20(15)17-4-7-25(8-5-17)11-16-2-3-19-18(10-16)12-27(22(19)29)26-9-6-21(28)24-23(26)30/h2-3,10,13-14,17H,4-9,11-12H2,1H3,(H,24,28,30). The van der Waals surface area contributed by atoms with E-state index in [0.717, 1.165) is 25.2 Å². The van der Waals surface area contributed by atoms with Gasteiger partial charge in [-0.3, -0.25) is 19.8 Å². The Morgan fingerprint density at radius 2 is 1.87 bits per heavy atom. The first-order valence-corrected chi connectivity index (χ1v) is 11.7. The second-order valence-corrected chi connectivity index (χ2v) is 9.38. The molecule has 0 spiro atoms. The number of carbonyl (C=O) groups excluding carboxylic acids is 3. The minimum Gasteiger partial charge on any atom is -0.299 e. The van der Waals surface area contributed by atoms with Crippen molar-refractivity contribution in [2.45, 2.75) is 45.2 Å². The lowest BCUT2D eigenvalue weighted by Crippen LogP contribution is -2.56. The van der Waals surface area contributed by atoms with Crippen LogP contribution in [-0.2, 0) is 17.9 Å². The van der Waals surface area contributed by atoms with Gasteiger partial charge in [0.15, 0.2) is 0 Å². The van der Waals surface area contributed by atoms with Crippen LogP contribution in [0.3, 0.4) is 0 Å². The molecule has 0 saturated carbocycles. The first-order valence-electron chi connectivity index (χ1n) is 10.8. The summed E-state index contributed by atoms with van der Waals surface area (Å²) in [6.07, 6.45) is 2.56. The van der Waals surface area contributed by atoms with E-state index in [4.69, 9.17) is 0 Å². The van der Waals surface area contributed by atoms with Crippen molar-refractivity contribution in [3.05, 3.63) is 56.8 Å². The van der Waals surface area contributed by atoms with Crippen molar-refractivity contribution < 1.29 is 14.4 Å². The van der Waals surface area contributed by atoms with Gasteiger partial charge in [0.2, 0.25) is 5.91 Å². The van der Waals surface area contributed by atoms with Gasteiger partial charge in [0.25, 0.3) is 5.91 Å². The number of nitrogens with zero attached hydrogens (tertiary/aromatic N) is 3. The van der Waals surface area contributed by atoms with Gasteiger partial charge in [-0.25, -0.2) is 14.8 Å². The van der Waals surface area contributed by atoms with E-state index in [1.165, 1.54) is 39.5 Å². The highest BCUT2D eigenvalue weighted by Crippen LogP contribution is 2.33. The largest absolute Gasteiger partial charge is 0.342 e. The van der Waals surface area contributed by atoms with E-state index in [1.807, 2.05) is 12.1 Å². The molecule has 2 saturated heterocycles. The summed E-state index contributed by atoms with van der Waals surface area (Å²) in [5, 5.41) is 9.62. The fourth-order valence-electron chi connectivity index (χ4n) is 4.89. The molecule has 2 fully saturated rings. The van der Waals surface area contributed by atoms with Gasteiger partial charge in [-0.05, 0) is 77.9 Å². The second-order valence-electron chi connectivity index (χ2n) is 8.64. The monoisotopic (exact) mass is 438 g/mol. The molecule has 8 heteroatoms. The zero-order valence-electron chi connectivity index (χ0n) is 17.6. The number of nitrogens with one attached hydrogen (secondary N) is 1. The lowest BCUT2D eigenvalue weighted by Gasteiger charge is -2.33. The quantitative estimate of drug-likeness (QED) is 0.795. The summed E-state index contributed by atoms with van der Waals surface area (Å²) in [6, 6.07) is 5.47. The summed E-state index contributed by atoms with van der Waals surface area (Å²) in [5.41, 5.74) is 5.71. The van der Waals surface area contributed by atoms with E-state index < -0.39 is 6.03 Å². The number of likely N-dealkylation sites (tertiary alicyclic amines) is 1. The highest BCUT2D eigenvalue weighted by atomic mass is 32.1. The molecule has 162 valence electrons. The predicted octanol–water partition coefficient (Wildman–Crippen LogP) is 3.25. The molecular weight excluding hydrogens is 412 g/mol. The van der Waals surface area contributed by atoms with Crippen LogP contribution >= 0.6 is 11.3 Å². The van der Waals surface area contributed by atoms with Crippen LogP contribution in [0.1, 0.15) is 57.8 Å². The number of benzene rings is 1. The molecule has 0 radical (unpaired) electrons. The van der Waals surface area contributed by atoms with Crippen LogP contribution in [-0.4, -0.2) is 52.4 Å². The highest BCUT2D eigenvalue weighted by molar-refractivity contribution is 7.08. The van der Waals surface area contributed by atoms with Crippen molar-refractivity contribution in [1.29, 1.82) is 0 Å². The van der Waals surface area contributed by atoms with Crippen molar-refractivity contribution >= 4 is 29.2 Å². The Balaban J connectivity index is 1.22. The topological polar surface area (TPSA) is 73.0 Å². The Morgan fingerprint density at radius 1 is 1.06 bits per heavy atom. The van der Waals surface area contributed by atoms with Crippen molar-refractivity contribution in [3.63, 3.8) is 0 Å². The summed E-state index contributed by atoms with van der Waals surface area (Å²) in [5.74, 6) is 0.180. The summed E-state index contributed by atoms with van der Waals surface area (Å²) < 4.78 is 0. The number of hydrogen-bond donors (Lipinski definition) is 1. The zero-order valence-corrected chi connectivity index (χ0v) is 18.4. The predicted molar refractivity (Wildman–Crippen MR) is 117 cm³/mol. The molecule has 1 aromatic carbocycles. The van der Waals surface area contributed by atoms with Crippen LogP contribution in [0.2, 0.25) is 0 Å². The maximum atomic E-state index is 12.8. The molecule has 5 rings (SSSR count). The smallest absolute Gasteiger partial charge is 0.299 e. The van der Waals surface area contributed by atoms with Crippen LogP contribution in [0.25, 0.3) is 0 Å². The molecule has 3 aliphatic rings. The first-order chi connectivity index (χ1) is 15.0. The van der Waals surface area contributed by atoms with Crippen molar-refractivity contribution in [2.75, 3.05) is 19.6 Å². The third-order valence-electron chi connectivity index (χ3n) is 6.61. The number of rotatable bonds is 4. The molecule has 2 aromatic rings. The van der Waals surface area contributed by atoms with Crippen molar-refractivity contribution in [3.8, 4) is 0 Å². The number of hydrogen-bond acceptors (Lipinski definition) is 5. The van der Waals surface area contributed by atoms with Gasteiger partial charge in [-0.1, -0.05) is 12.1 Å². The number of piperidine rings is 1. The molecule has 1 aromatic heterocycles. The number of hydrazine groups is 1. The Kier molecular flexibility index (Phi) is 5.27. The van der Waals surface area contributed by atoms with Crippen LogP contribution in [0, 0.1) is 6.92 Å². The number of fused-ring (bicyclic) bond motifs is 1. The summed E-state index contributed by atoms with van der Waals surface area (Å²) in [4.78, 5) is 38.8. The molecule has 1 N–H and O–H groups in total. The van der Waals surface area contributed by atoms with Gasteiger partial charge in [-0.15, -0.1) is 0 Å². The lowest BCUT2D eigenvalue weighted by atomic mass is 9.89. The second kappa shape index (κ2) is 8.09. The summed E-state index contributed by atoms with van der Waals surface area (Å²) in [7, 11) is 0. The molecule has 31 heavy (non-hydrogen) atoms. The maximum absolute atomic E-state index is 12.8. The van der Waals surface area contributed by atoms with E-state index in [1.54, 1.807) is 11.3 Å². The Bertz CT molecular complexity index is 1040. The SMILES string of the molecule is Cc1cscc1C1CCN(Cc2ccc3c(c2)CN(N2CCC(=O)NC2=O)C3=O)CC1. The van der Waals surface area contributed by atoms with Crippen LogP contribution < -0.4 is 5.32 Å². The number of carbonyl (C=O) groups is 3. The van der Waals surface area contributed by atoms with Crippen molar-refractivity contribution in [2.24, 2.45) is 0 Å². The minimum absolute atomic E-state index is 0.182. The number of amides is 4. The van der Waals surface area contributed by atoms with Gasteiger partial charge < -0.3 is 0 Å². The van der Waals surface area contributed by atoms with E-state index >= 15 is 0 Å². The van der Waals surface area contributed by atoms with E-state index in [9.17, 15) is 14.4 Å². The van der Waals surface area contributed by atoms with E-state index in [2.05, 4.69) is 34.0 Å². The molecule has 0 atom stereocenters. The van der Waals surface area contributed by atoms with Gasteiger partial charge in [0.05, 0.1) is 13.1 Å². The van der Waals surface area contributed by atoms with E-state index in [-0.39, 0.29) is 24.8 Å². The van der Waals surface area contributed by atoms with E-state index in [0.29, 0.717) is 18.0 Å². The number of urea groups is 1. The molecule has 3 aliphatic heterocycles. The van der Waals surface area contributed by atoms with Crippen LogP contribution in [0.5, 0.6) is 0 Å². The molecule has 0 bridgehead atoms. The molecular formula is C23H26N4O3S. The normalized spacial score (nSPS) is 20.4. The molecule has 4 amide bonds. The van der Waals surface area contributed by atoms with Crippen LogP contribution in [0.15, 0.2) is 29.0 Å². The van der Waals surface area contributed by atoms with Gasteiger partial charge in [-0.2, -0.15) is 11.3 Å². The number of aryl methyl sites for hydroxylation is 1. The third kappa shape index (κ3) is 3.85. The highest BCUT2D eigenvalue weighted by Gasteiger charge is 2.37. The first kappa shape index (κ1) is 20.2. The number of imide groups is 1. The van der Waals surface area contributed by atoms with Crippen LogP contribution in [0.4, 0.5) is 4.79 Å². The maximum Gasteiger partial charge on any atom is 0.342 e. The summed E-state index contributed by atoms with van der Waals surface area (Å²) >= 11 is 1.80. The number of thiophene rings is 1. The molecule has 4 heterocycles. The zero-order chi connectivity index (χ0) is 21.5. The average molecular weight is 439 g/mol. The Morgan fingerprint density at radius 3 is 2.58 bits per heavy atom. The fourth-order valence-corrected chi connectivity index (χ4v) is 5.82. The molecule has 0 unspecified atom stereocenters. The third-order valence-corrected chi connectivity index (χ3v) is 7.49. The Hall–Kier alpha value is -2.71. The Labute approximate surface area is 185 Å². The van der Waals surface area contributed by atoms with Gasteiger partial charge >= 0.3 is 6.03 Å². The minimum atomic E-state index is -0.527. The van der Waals surface area contributed by atoms with Gasteiger partial charge in [0, 0.05) is 18.5 Å².